The van der Waals surface area contributed by atoms with Crippen LogP contribution in [0.25, 0.3) is 0 Å². The molecule has 5 heteroatoms. The number of likely N-dealkylation sites (tertiary alicyclic amines) is 1. The van der Waals surface area contributed by atoms with Crippen molar-refractivity contribution in [2.24, 2.45) is 5.92 Å². The molecule has 114 valence electrons. The van der Waals surface area contributed by atoms with Gasteiger partial charge in [-0.15, -0.1) is 0 Å². The third-order valence-electron chi connectivity index (χ3n) is 3.67. The molecule has 0 unspecified atom stereocenters. The van der Waals surface area contributed by atoms with Gasteiger partial charge >= 0.3 is 6.09 Å². The van der Waals surface area contributed by atoms with Gasteiger partial charge in [0.2, 0.25) is 5.91 Å². The second kappa shape index (κ2) is 7.11. The van der Waals surface area contributed by atoms with Crippen molar-refractivity contribution in [1.82, 2.24) is 9.80 Å². The summed E-state index contributed by atoms with van der Waals surface area (Å²) in [5.41, 5.74) is 0.962. The van der Waals surface area contributed by atoms with Crippen LogP contribution in [-0.4, -0.2) is 49.0 Å². The standard InChI is InChI=1S/C16H22N2O3/c1-17(2)15(19)14-9-6-10-18(11-14)16(20)21-12-13-7-4-3-5-8-13/h3-5,7-8,14H,6,9-12H2,1-2H3/t14-/m1/s1. The number of nitrogens with zero attached hydrogens (tertiary/aromatic N) is 2. The minimum atomic E-state index is -0.338. The van der Waals surface area contributed by atoms with Gasteiger partial charge in [-0.25, -0.2) is 4.79 Å². The summed E-state index contributed by atoms with van der Waals surface area (Å²) in [6.07, 6.45) is 1.33. The first kappa shape index (κ1) is 15.4. The number of hydrogen-bond donors (Lipinski definition) is 0. The number of amides is 2. The van der Waals surface area contributed by atoms with Gasteiger partial charge in [-0.1, -0.05) is 30.3 Å². The van der Waals surface area contributed by atoms with E-state index in [1.54, 1.807) is 23.9 Å². The van der Waals surface area contributed by atoms with Crippen molar-refractivity contribution < 1.29 is 14.3 Å². The second-order valence-corrected chi connectivity index (χ2v) is 5.56. The maximum absolute atomic E-state index is 12.1. The van der Waals surface area contributed by atoms with Gasteiger partial charge in [-0.05, 0) is 18.4 Å². The number of hydrogen-bond acceptors (Lipinski definition) is 3. The number of rotatable bonds is 3. The number of ether oxygens (including phenoxy) is 1. The van der Waals surface area contributed by atoms with Gasteiger partial charge in [0.1, 0.15) is 6.61 Å². The maximum atomic E-state index is 12.1. The molecule has 1 heterocycles. The highest BCUT2D eigenvalue weighted by Gasteiger charge is 2.29. The molecular weight excluding hydrogens is 268 g/mol. The number of carbonyl (C=O) groups is 2. The van der Waals surface area contributed by atoms with E-state index < -0.39 is 0 Å². The Labute approximate surface area is 125 Å². The van der Waals surface area contributed by atoms with E-state index >= 15 is 0 Å². The van der Waals surface area contributed by atoms with Crippen molar-refractivity contribution in [3.05, 3.63) is 35.9 Å². The zero-order valence-electron chi connectivity index (χ0n) is 12.6. The Morgan fingerprint density at radius 3 is 2.67 bits per heavy atom. The number of carbonyl (C=O) groups excluding carboxylic acids is 2. The summed E-state index contributed by atoms with van der Waals surface area (Å²) in [7, 11) is 3.49. The van der Waals surface area contributed by atoms with Crippen molar-refractivity contribution in [2.75, 3.05) is 27.2 Å². The van der Waals surface area contributed by atoms with Crippen molar-refractivity contribution in [2.45, 2.75) is 19.4 Å². The van der Waals surface area contributed by atoms with Crippen LogP contribution < -0.4 is 0 Å². The lowest BCUT2D eigenvalue weighted by Crippen LogP contribution is -2.45. The van der Waals surface area contributed by atoms with E-state index in [2.05, 4.69) is 0 Å². The predicted molar refractivity (Wildman–Crippen MR) is 79.6 cm³/mol. The average molecular weight is 290 g/mol. The summed E-state index contributed by atoms with van der Waals surface area (Å²) in [6, 6.07) is 9.59. The molecule has 0 bridgehead atoms. The quantitative estimate of drug-likeness (QED) is 0.857. The van der Waals surface area contributed by atoms with Crippen molar-refractivity contribution in [1.29, 1.82) is 0 Å². The highest BCUT2D eigenvalue weighted by molar-refractivity contribution is 5.79. The Balaban J connectivity index is 1.86. The molecule has 0 aromatic heterocycles. The molecule has 0 radical (unpaired) electrons. The first-order valence-electron chi connectivity index (χ1n) is 7.24. The second-order valence-electron chi connectivity index (χ2n) is 5.56. The summed E-state index contributed by atoms with van der Waals surface area (Å²) in [5, 5.41) is 0. The van der Waals surface area contributed by atoms with Gasteiger partial charge < -0.3 is 14.5 Å². The Kier molecular flexibility index (Phi) is 5.20. The fourth-order valence-electron chi connectivity index (χ4n) is 2.52. The van der Waals surface area contributed by atoms with E-state index in [-0.39, 0.29) is 24.5 Å². The summed E-state index contributed by atoms with van der Waals surface area (Å²) in [4.78, 5) is 27.3. The van der Waals surface area contributed by atoms with Gasteiger partial charge in [0.15, 0.2) is 0 Å². The lowest BCUT2D eigenvalue weighted by molar-refractivity contribution is -0.134. The minimum absolute atomic E-state index is 0.0792. The maximum Gasteiger partial charge on any atom is 0.410 e. The van der Waals surface area contributed by atoms with Crippen LogP contribution >= 0.6 is 0 Å². The van der Waals surface area contributed by atoms with E-state index in [9.17, 15) is 9.59 Å². The molecular formula is C16H22N2O3. The Bertz CT molecular complexity index is 488. The molecule has 21 heavy (non-hydrogen) atoms. The normalized spacial score (nSPS) is 18.2. The van der Waals surface area contributed by atoms with Gasteiger partial charge in [-0.2, -0.15) is 0 Å². The summed E-state index contributed by atoms with van der Waals surface area (Å²) < 4.78 is 5.32. The predicted octanol–water partition coefficient (Wildman–Crippen LogP) is 2.12. The van der Waals surface area contributed by atoms with Crippen molar-refractivity contribution in [3.63, 3.8) is 0 Å². The molecule has 0 saturated carbocycles. The van der Waals surface area contributed by atoms with E-state index in [4.69, 9.17) is 4.74 Å². The van der Waals surface area contributed by atoms with E-state index in [1.807, 2.05) is 30.3 Å². The molecule has 2 rings (SSSR count). The molecule has 1 aromatic carbocycles. The topological polar surface area (TPSA) is 49.9 Å². The van der Waals surface area contributed by atoms with Gasteiger partial charge in [-0.3, -0.25) is 4.79 Å². The van der Waals surface area contributed by atoms with Crippen LogP contribution in [0, 0.1) is 5.92 Å². The molecule has 0 N–H and O–H groups in total. The molecule has 1 aliphatic rings. The van der Waals surface area contributed by atoms with E-state index in [0.717, 1.165) is 18.4 Å². The van der Waals surface area contributed by atoms with Crippen molar-refractivity contribution in [3.8, 4) is 0 Å². The summed E-state index contributed by atoms with van der Waals surface area (Å²) in [6.45, 7) is 1.37. The molecule has 0 aliphatic carbocycles. The molecule has 0 spiro atoms. The third-order valence-corrected chi connectivity index (χ3v) is 3.67. The third kappa shape index (κ3) is 4.21. The smallest absolute Gasteiger partial charge is 0.410 e. The van der Waals surface area contributed by atoms with Gasteiger partial charge in [0.05, 0.1) is 5.92 Å². The van der Waals surface area contributed by atoms with Gasteiger partial charge in [0.25, 0.3) is 0 Å². The first-order valence-corrected chi connectivity index (χ1v) is 7.24. The Morgan fingerprint density at radius 2 is 2.00 bits per heavy atom. The fourth-order valence-corrected chi connectivity index (χ4v) is 2.52. The van der Waals surface area contributed by atoms with E-state index in [1.165, 1.54) is 0 Å². The van der Waals surface area contributed by atoms with Crippen LogP contribution in [0.3, 0.4) is 0 Å². The Hall–Kier alpha value is -2.04. The van der Waals surface area contributed by atoms with Crippen LogP contribution in [0.5, 0.6) is 0 Å². The zero-order valence-corrected chi connectivity index (χ0v) is 12.6. The average Bonchev–Trinajstić information content (AvgIpc) is 2.53. The minimum Gasteiger partial charge on any atom is -0.445 e. The molecule has 1 fully saturated rings. The highest BCUT2D eigenvalue weighted by atomic mass is 16.6. The monoisotopic (exact) mass is 290 g/mol. The number of benzene rings is 1. The van der Waals surface area contributed by atoms with Crippen LogP contribution in [0.15, 0.2) is 30.3 Å². The molecule has 1 aromatic rings. The summed E-state index contributed by atoms with van der Waals surface area (Å²) >= 11 is 0. The van der Waals surface area contributed by atoms with Crippen LogP contribution in [-0.2, 0) is 16.1 Å². The van der Waals surface area contributed by atoms with Crippen LogP contribution in [0.2, 0.25) is 0 Å². The lowest BCUT2D eigenvalue weighted by Gasteiger charge is -2.32. The van der Waals surface area contributed by atoms with Crippen LogP contribution in [0.1, 0.15) is 18.4 Å². The summed E-state index contributed by atoms with van der Waals surface area (Å²) in [5.74, 6) is -0.0337. The first-order chi connectivity index (χ1) is 10.1. The molecule has 2 amide bonds. The lowest BCUT2D eigenvalue weighted by atomic mass is 9.97. The molecule has 1 aliphatic heterocycles. The number of piperidine rings is 1. The van der Waals surface area contributed by atoms with Crippen molar-refractivity contribution >= 4 is 12.0 Å². The van der Waals surface area contributed by atoms with Crippen LogP contribution in [0.4, 0.5) is 4.79 Å². The molecule has 1 saturated heterocycles. The van der Waals surface area contributed by atoms with E-state index in [0.29, 0.717) is 13.1 Å². The zero-order chi connectivity index (χ0) is 15.2. The SMILES string of the molecule is CN(C)C(=O)[C@@H]1CCCN(C(=O)OCc2ccccc2)C1. The van der Waals surface area contributed by atoms with Gasteiger partial charge in [0, 0.05) is 27.2 Å². The molecule has 5 nitrogen and oxygen atoms in total. The largest absolute Gasteiger partial charge is 0.445 e. The highest BCUT2D eigenvalue weighted by Crippen LogP contribution is 2.19. The molecule has 1 atom stereocenters. The Morgan fingerprint density at radius 1 is 1.29 bits per heavy atom. The fraction of sp³-hybridized carbons (Fsp3) is 0.500.